The summed E-state index contributed by atoms with van der Waals surface area (Å²) in [6, 6.07) is 23.9. The summed E-state index contributed by atoms with van der Waals surface area (Å²) in [5, 5.41) is 5.21. The number of thiazole rings is 1. The third-order valence-electron chi connectivity index (χ3n) is 6.93. The van der Waals surface area contributed by atoms with Gasteiger partial charge in [-0.2, -0.15) is 0 Å². The maximum atomic E-state index is 14.0. The predicted molar refractivity (Wildman–Crippen MR) is 146 cm³/mol. The first-order valence-corrected chi connectivity index (χ1v) is 13.6. The summed E-state index contributed by atoms with van der Waals surface area (Å²) in [5.41, 5.74) is 5.18. The molecule has 5 nitrogen and oxygen atoms in total. The molecule has 36 heavy (non-hydrogen) atoms. The summed E-state index contributed by atoms with van der Waals surface area (Å²) in [4.78, 5) is 22.7. The molecule has 2 aromatic heterocycles. The lowest BCUT2D eigenvalue weighted by atomic mass is 9.87. The number of amides is 1. The predicted octanol–water partition coefficient (Wildman–Crippen LogP) is 6.89. The van der Waals surface area contributed by atoms with Crippen molar-refractivity contribution < 1.29 is 9.53 Å². The fourth-order valence-corrected chi connectivity index (χ4v) is 7.64. The van der Waals surface area contributed by atoms with Crippen molar-refractivity contribution in [3.05, 3.63) is 94.4 Å². The standard InChI is InChI=1S/C29H23N3O2S2/c1-32-15-14-19-24(16-32)36-29(26(19)28-30-20-10-4-7-13-23(20)35-28)31-27(33)25-17-8-2-5-11-21(17)34-22-12-6-3-9-18(22)25/h2-13,25H,14-16H2,1H3,(H,31,33). The van der Waals surface area contributed by atoms with Crippen LogP contribution in [0.25, 0.3) is 20.8 Å². The molecule has 4 heterocycles. The van der Waals surface area contributed by atoms with Crippen LogP contribution in [0.5, 0.6) is 11.5 Å². The number of carbonyl (C=O) groups is 1. The number of thiophene rings is 1. The lowest BCUT2D eigenvalue weighted by molar-refractivity contribution is -0.116. The van der Waals surface area contributed by atoms with Gasteiger partial charge in [0.25, 0.3) is 0 Å². The summed E-state index contributed by atoms with van der Waals surface area (Å²) in [6.45, 7) is 1.88. The van der Waals surface area contributed by atoms with Crippen molar-refractivity contribution in [3.63, 3.8) is 0 Å². The number of aromatic nitrogens is 1. The van der Waals surface area contributed by atoms with Gasteiger partial charge in [-0.1, -0.05) is 48.5 Å². The van der Waals surface area contributed by atoms with Gasteiger partial charge in [0.05, 0.1) is 16.1 Å². The van der Waals surface area contributed by atoms with Crippen LogP contribution in [0.15, 0.2) is 72.8 Å². The molecule has 0 saturated carbocycles. The fourth-order valence-electron chi connectivity index (χ4n) is 5.20. The molecular weight excluding hydrogens is 486 g/mol. The third-order valence-corrected chi connectivity index (χ3v) is 9.12. The maximum absolute atomic E-state index is 14.0. The SMILES string of the molecule is CN1CCc2c(sc(NC(=O)C3c4ccccc4Oc4ccccc43)c2-c2nc3ccccc3s2)C1. The van der Waals surface area contributed by atoms with Gasteiger partial charge >= 0.3 is 0 Å². The Bertz CT molecular complexity index is 1560. The van der Waals surface area contributed by atoms with E-state index in [4.69, 9.17) is 9.72 Å². The van der Waals surface area contributed by atoms with Gasteiger partial charge in [-0.05, 0) is 43.3 Å². The van der Waals surface area contributed by atoms with Gasteiger partial charge in [0, 0.05) is 34.7 Å². The monoisotopic (exact) mass is 509 g/mol. The van der Waals surface area contributed by atoms with Crippen molar-refractivity contribution in [1.82, 2.24) is 9.88 Å². The zero-order valence-electron chi connectivity index (χ0n) is 19.7. The Balaban J connectivity index is 1.34. The number of para-hydroxylation sites is 3. The molecule has 0 radical (unpaired) electrons. The van der Waals surface area contributed by atoms with Crippen molar-refractivity contribution in [3.8, 4) is 22.1 Å². The molecule has 0 unspecified atom stereocenters. The van der Waals surface area contributed by atoms with Gasteiger partial charge in [0.1, 0.15) is 21.5 Å². The van der Waals surface area contributed by atoms with E-state index in [0.717, 1.165) is 67.9 Å². The minimum Gasteiger partial charge on any atom is -0.457 e. The van der Waals surface area contributed by atoms with Crippen LogP contribution in [0.2, 0.25) is 0 Å². The minimum atomic E-state index is -0.448. The van der Waals surface area contributed by atoms with E-state index >= 15 is 0 Å². The van der Waals surface area contributed by atoms with Crippen LogP contribution >= 0.6 is 22.7 Å². The zero-order valence-corrected chi connectivity index (χ0v) is 21.3. The fraction of sp³-hybridized carbons (Fsp3) is 0.172. The quantitative estimate of drug-likeness (QED) is 0.288. The van der Waals surface area contributed by atoms with Crippen LogP contribution in [0.3, 0.4) is 0 Å². The van der Waals surface area contributed by atoms with Gasteiger partial charge in [0.2, 0.25) is 5.91 Å². The van der Waals surface area contributed by atoms with Crippen LogP contribution in [0.4, 0.5) is 5.00 Å². The molecule has 0 spiro atoms. The van der Waals surface area contributed by atoms with E-state index in [-0.39, 0.29) is 5.91 Å². The summed E-state index contributed by atoms with van der Waals surface area (Å²) in [5.74, 6) is 0.966. The molecule has 2 aliphatic rings. The number of hydrogen-bond donors (Lipinski definition) is 1. The van der Waals surface area contributed by atoms with E-state index in [1.165, 1.54) is 10.4 Å². The molecule has 7 heteroatoms. The number of nitrogens with zero attached hydrogens (tertiary/aromatic N) is 2. The molecular formula is C29H23N3O2S2. The van der Waals surface area contributed by atoms with E-state index in [9.17, 15) is 4.79 Å². The van der Waals surface area contributed by atoms with E-state index in [2.05, 4.69) is 29.4 Å². The van der Waals surface area contributed by atoms with E-state index in [1.54, 1.807) is 22.7 Å². The highest BCUT2D eigenvalue weighted by molar-refractivity contribution is 7.22. The van der Waals surface area contributed by atoms with Crippen LogP contribution < -0.4 is 10.1 Å². The number of likely N-dealkylation sites (N-methyl/N-ethyl adjacent to an activating group) is 1. The lowest BCUT2D eigenvalue weighted by Gasteiger charge is -2.27. The molecule has 0 fully saturated rings. The van der Waals surface area contributed by atoms with Gasteiger partial charge in [-0.3, -0.25) is 4.79 Å². The Morgan fingerprint density at radius 1 is 0.972 bits per heavy atom. The second-order valence-corrected chi connectivity index (χ2v) is 11.4. The number of ether oxygens (including phenoxy) is 1. The highest BCUT2D eigenvalue weighted by Gasteiger charge is 2.34. The largest absolute Gasteiger partial charge is 0.457 e. The molecule has 0 bridgehead atoms. The Kier molecular flexibility index (Phi) is 5.16. The van der Waals surface area contributed by atoms with Gasteiger partial charge in [-0.25, -0.2) is 4.98 Å². The summed E-state index contributed by atoms with van der Waals surface area (Å²) < 4.78 is 7.28. The Labute approximate surface area is 217 Å². The van der Waals surface area contributed by atoms with Crippen molar-refractivity contribution in [2.45, 2.75) is 18.9 Å². The van der Waals surface area contributed by atoms with Crippen LogP contribution in [0, 0.1) is 0 Å². The minimum absolute atomic E-state index is 0.0486. The van der Waals surface area contributed by atoms with Crippen LogP contribution in [0.1, 0.15) is 27.5 Å². The second-order valence-electron chi connectivity index (χ2n) is 9.28. The van der Waals surface area contributed by atoms with Crippen molar-refractivity contribution >= 4 is 43.8 Å². The topological polar surface area (TPSA) is 54.5 Å². The van der Waals surface area contributed by atoms with E-state index in [1.807, 2.05) is 60.7 Å². The average molecular weight is 510 g/mol. The molecule has 0 saturated heterocycles. The molecule has 7 rings (SSSR count). The Morgan fingerprint density at radius 2 is 1.67 bits per heavy atom. The summed E-state index contributed by atoms with van der Waals surface area (Å²) in [6.07, 6.45) is 0.951. The summed E-state index contributed by atoms with van der Waals surface area (Å²) >= 11 is 3.38. The zero-order chi connectivity index (χ0) is 24.2. The van der Waals surface area contributed by atoms with Crippen LogP contribution in [-0.4, -0.2) is 29.4 Å². The van der Waals surface area contributed by atoms with Crippen molar-refractivity contribution in [2.24, 2.45) is 0 Å². The Morgan fingerprint density at radius 3 is 2.42 bits per heavy atom. The molecule has 3 aromatic carbocycles. The molecule has 0 aliphatic carbocycles. The maximum Gasteiger partial charge on any atom is 0.237 e. The third kappa shape index (κ3) is 3.54. The smallest absolute Gasteiger partial charge is 0.237 e. The van der Waals surface area contributed by atoms with Gasteiger partial charge in [-0.15, -0.1) is 22.7 Å². The normalized spacial score (nSPS) is 15.1. The van der Waals surface area contributed by atoms with Gasteiger partial charge < -0.3 is 15.0 Å². The second kappa shape index (κ2) is 8.55. The molecule has 5 aromatic rings. The Hall–Kier alpha value is -3.52. The average Bonchev–Trinajstić information content (AvgIpc) is 3.47. The lowest BCUT2D eigenvalue weighted by Crippen LogP contribution is -2.25. The number of fused-ring (bicyclic) bond motifs is 4. The number of nitrogens with one attached hydrogen (secondary N) is 1. The molecule has 0 atom stereocenters. The number of hydrogen-bond acceptors (Lipinski definition) is 6. The first-order chi connectivity index (χ1) is 17.7. The highest BCUT2D eigenvalue weighted by atomic mass is 32.1. The number of carbonyl (C=O) groups excluding carboxylic acids is 1. The van der Waals surface area contributed by atoms with Crippen LogP contribution in [-0.2, 0) is 17.8 Å². The highest BCUT2D eigenvalue weighted by Crippen LogP contribution is 2.48. The van der Waals surface area contributed by atoms with E-state index in [0.29, 0.717) is 0 Å². The first-order valence-electron chi connectivity index (χ1n) is 12.0. The number of benzene rings is 3. The first kappa shape index (κ1) is 21.7. The number of anilines is 1. The molecule has 1 N–H and O–H groups in total. The van der Waals surface area contributed by atoms with Crippen molar-refractivity contribution in [2.75, 3.05) is 18.9 Å². The molecule has 2 aliphatic heterocycles. The van der Waals surface area contributed by atoms with E-state index < -0.39 is 5.92 Å². The van der Waals surface area contributed by atoms with Gasteiger partial charge in [0.15, 0.2) is 0 Å². The summed E-state index contributed by atoms with van der Waals surface area (Å²) in [7, 11) is 2.15. The molecule has 178 valence electrons. The number of rotatable bonds is 3. The molecule has 1 amide bonds. The van der Waals surface area contributed by atoms with Crippen molar-refractivity contribution in [1.29, 1.82) is 0 Å².